The Bertz CT molecular complexity index is 3560. The van der Waals surface area contributed by atoms with Crippen LogP contribution in [0.5, 0.6) is 0 Å². The number of hydrogen-bond acceptors (Lipinski definition) is 2. The lowest BCUT2D eigenvalue weighted by Crippen LogP contribution is -2.16. The molecular formula is C61H42N2. The van der Waals surface area contributed by atoms with E-state index in [1.807, 2.05) is 0 Å². The zero-order chi connectivity index (χ0) is 42.1. The summed E-state index contributed by atoms with van der Waals surface area (Å²) in [5.74, 6) is 0.692. The summed E-state index contributed by atoms with van der Waals surface area (Å²) in [5, 5.41) is 7.50. The van der Waals surface area contributed by atoms with E-state index in [2.05, 4.69) is 232 Å². The molecule has 0 saturated carbocycles. The topological polar surface area (TPSA) is 25.8 Å². The largest absolute Gasteiger partial charge is 0.228 e. The highest BCUT2D eigenvalue weighted by molar-refractivity contribution is 6.20. The fraction of sp³-hybridized carbons (Fsp3) is 0.0492. The third kappa shape index (κ3) is 6.17. The fourth-order valence-electron chi connectivity index (χ4n) is 10.2. The summed E-state index contributed by atoms with van der Waals surface area (Å²) < 4.78 is 0. The molecule has 0 saturated heterocycles. The molecule has 0 spiro atoms. The van der Waals surface area contributed by atoms with Crippen LogP contribution in [0.1, 0.15) is 25.0 Å². The molecule has 1 aliphatic rings. The van der Waals surface area contributed by atoms with Gasteiger partial charge in [0.1, 0.15) is 0 Å². The molecule has 0 unspecified atom stereocenters. The number of hydrogen-bond donors (Lipinski definition) is 0. The molecule has 63 heavy (non-hydrogen) atoms. The molecule has 0 fully saturated rings. The van der Waals surface area contributed by atoms with Crippen molar-refractivity contribution in [2.75, 3.05) is 0 Å². The molecule has 1 heterocycles. The van der Waals surface area contributed by atoms with Crippen LogP contribution in [0, 0.1) is 0 Å². The maximum absolute atomic E-state index is 5.32. The summed E-state index contributed by atoms with van der Waals surface area (Å²) in [6.07, 6.45) is 0. The maximum Gasteiger partial charge on any atom is 0.160 e. The van der Waals surface area contributed by atoms with Crippen LogP contribution in [0.3, 0.4) is 0 Å². The molecule has 0 bridgehead atoms. The van der Waals surface area contributed by atoms with Gasteiger partial charge in [0.05, 0.1) is 11.4 Å². The van der Waals surface area contributed by atoms with Gasteiger partial charge in [0.15, 0.2) is 5.82 Å². The Morgan fingerprint density at radius 2 is 0.905 bits per heavy atom. The van der Waals surface area contributed by atoms with Crippen molar-refractivity contribution >= 4 is 32.3 Å². The second kappa shape index (κ2) is 14.6. The van der Waals surface area contributed by atoms with E-state index in [-0.39, 0.29) is 5.41 Å². The van der Waals surface area contributed by atoms with Gasteiger partial charge in [-0.25, -0.2) is 9.97 Å². The lowest BCUT2D eigenvalue weighted by molar-refractivity contribution is 0.662. The second-order valence-corrected chi connectivity index (χ2v) is 17.3. The fourth-order valence-corrected chi connectivity index (χ4v) is 10.2. The predicted molar refractivity (Wildman–Crippen MR) is 265 cm³/mol. The molecule has 12 rings (SSSR count). The van der Waals surface area contributed by atoms with Gasteiger partial charge in [-0.2, -0.15) is 0 Å². The Kier molecular flexibility index (Phi) is 8.55. The summed E-state index contributed by atoms with van der Waals surface area (Å²) in [4.78, 5) is 10.6. The molecule has 0 N–H and O–H groups in total. The van der Waals surface area contributed by atoms with Crippen LogP contribution in [0.4, 0.5) is 0 Å². The van der Waals surface area contributed by atoms with E-state index in [0.717, 1.165) is 39.2 Å². The Hall–Kier alpha value is -7.94. The Labute approximate surface area is 367 Å². The Morgan fingerprint density at radius 1 is 0.317 bits per heavy atom. The van der Waals surface area contributed by atoms with Crippen LogP contribution >= 0.6 is 0 Å². The first-order chi connectivity index (χ1) is 31.0. The van der Waals surface area contributed by atoms with Crippen molar-refractivity contribution in [3.05, 3.63) is 230 Å². The first-order valence-corrected chi connectivity index (χ1v) is 21.8. The molecule has 0 amide bonds. The number of fused-ring (bicyclic) bond motifs is 7. The summed E-state index contributed by atoms with van der Waals surface area (Å²) in [5.41, 5.74) is 17.4. The van der Waals surface area contributed by atoms with E-state index in [4.69, 9.17) is 9.97 Å². The Balaban J connectivity index is 0.975. The zero-order valence-electron chi connectivity index (χ0n) is 35.2. The molecule has 296 valence electrons. The van der Waals surface area contributed by atoms with Crippen molar-refractivity contribution in [2.24, 2.45) is 0 Å². The summed E-state index contributed by atoms with van der Waals surface area (Å²) in [6.45, 7) is 4.70. The highest BCUT2D eigenvalue weighted by Crippen LogP contribution is 2.52. The first kappa shape index (κ1) is 36.9. The number of nitrogens with zero attached hydrogens (tertiary/aromatic N) is 2. The number of aromatic nitrogens is 2. The smallest absolute Gasteiger partial charge is 0.160 e. The lowest BCUT2D eigenvalue weighted by Gasteiger charge is -2.24. The van der Waals surface area contributed by atoms with E-state index < -0.39 is 0 Å². The third-order valence-electron chi connectivity index (χ3n) is 13.3. The average molecular weight is 803 g/mol. The van der Waals surface area contributed by atoms with Gasteiger partial charge >= 0.3 is 0 Å². The lowest BCUT2D eigenvalue weighted by atomic mass is 9.79. The van der Waals surface area contributed by atoms with E-state index in [1.54, 1.807) is 0 Å². The van der Waals surface area contributed by atoms with Crippen molar-refractivity contribution in [3.8, 4) is 78.4 Å². The SMILES string of the molecule is CC1(C)c2ccccc2-c2cccc(-c3ccc(-c4cc(-c5cccc(-c6ccccc6)c5)nc(-c5ccc(-c6c7ccccc7cc7c6ccc6ccccc67)cc5)n4)cc3)c21. The molecular weight excluding hydrogens is 761 g/mol. The molecule has 11 aromatic rings. The van der Waals surface area contributed by atoms with Gasteiger partial charge in [0.2, 0.25) is 0 Å². The summed E-state index contributed by atoms with van der Waals surface area (Å²) >= 11 is 0. The van der Waals surface area contributed by atoms with Gasteiger partial charge in [-0.05, 0) is 106 Å². The van der Waals surface area contributed by atoms with E-state index >= 15 is 0 Å². The van der Waals surface area contributed by atoms with E-state index in [1.165, 1.54) is 76.8 Å². The van der Waals surface area contributed by atoms with Crippen molar-refractivity contribution in [2.45, 2.75) is 19.3 Å². The molecule has 2 heteroatoms. The molecule has 2 nitrogen and oxygen atoms in total. The summed E-state index contributed by atoms with van der Waals surface area (Å²) in [6, 6.07) is 79.1. The van der Waals surface area contributed by atoms with Crippen molar-refractivity contribution < 1.29 is 0 Å². The highest BCUT2D eigenvalue weighted by atomic mass is 14.9. The average Bonchev–Trinajstić information content (AvgIpc) is 3.59. The monoisotopic (exact) mass is 802 g/mol. The van der Waals surface area contributed by atoms with Gasteiger partial charge in [0, 0.05) is 22.1 Å². The minimum absolute atomic E-state index is 0.101. The van der Waals surface area contributed by atoms with E-state index in [9.17, 15) is 0 Å². The maximum atomic E-state index is 5.32. The summed E-state index contributed by atoms with van der Waals surface area (Å²) in [7, 11) is 0. The van der Waals surface area contributed by atoms with Gasteiger partial charge in [-0.3, -0.25) is 0 Å². The van der Waals surface area contributed by atoms with Gasteiger partial charge in [-0.1, -0.05) is 214 Å². The molecule has 1 aromatic heterocycles. The second-order valence-electron chi connectivity index (χ2n) is 17.3. The van der Waals surface area contributed by atoms with Crippen LogP contribution in [-0.2, 0) is 5.41 Å². The van der Waals surface area contributed by atoms with Crippen LogP contribution in [0.25, 0.3) is 111 Å². The van der Waals surface area contributed by atoms with Gasteiger partial charge in [0.25, 0.3) is 0 Å². The van der Waals surface area contributed by atoms with Crippen molar-refractivity contribution in [3.63, 3.8) is 0 Å². The normalized spacial score (nSPS) is 12.7. The van der Waals surface area contributed by atoms with Gasteiger partial charge < -0.3 is 0 Å². The first-order valence-electron chi connectivity index (χ1n) is 21.8. The van der Waals surface area contributed by atoms with Crippen LogP contribution in [-0.4, -0.2) is 9.97 Å². The molecule has 0 aliphatic heterocycles. The van der Waals surface area contributed by atoms with Crippen LogP contribution in [0.15, 0.2) is 218 Å². The quantitative estimate of drug-likeness (QED) is 0.124. The van der Waals surface area contributed by atoms with E-state index in [0.29, 0.717) is 5.82 Å². The minimum atomic E-state index is -0.101. The Morgan fingerprint density at radius 3 is 1.73 bits per heavy atom. The van der Waals surface area contributed by atoms with Gasteiger partial charge in [-0.15, -0.1) is 0 Å². The van der Waals surface area contributed by atoms with Crippen LogP contribution < -0.4 is 0 Å². The van der Waals surface area contributed by atoms with Crippen LogP contribution in [0.2, 0.25) is 0 Å². The third-order valence-corrected chi connectivity index (χ3v) is 13.3. The predicted octanol–water partition coefficient (Wildman–Crippen LogP) is 16.2. The minimum Gasteiger partial charge on any atom is -0.228 e. The number of benzene rings is 10. The zero-order valence-corrected chi connectivity index (χ0v) is 35.2. The highest BCUT2D eigenvalue weighted by Gasteiger charge is 2.37. The molecule has 0 atom stereocenters. The number of rotatable bonds is 6. The van der Waals surface area contributed by atoms with Crippen molar-refractivity contribution in [1.29, 1.82) is 0 Å². The van der Waals surface area contributed by atoms with Crippen molar-refractivity contribution in [1.82, 2.24) is 9.97 Å². The standard InChI is InChI=1S/C61H42N2/c1-61(2)55-25-11-10-22-51(55)53-24-13-23-50(59(53)61)41-26-28-42(29-27-41)56-38-57(47-19-12-18-45(36-47)39-14-4-3-5-15-39)63-60(62-56)44-32-30-43(31-33-44)58-49-21-9-7-17-46(49)37-54-48-20-8-6-16-40(48)34-35-52(54)58/h3-38H,1-2H3. The molecule has 10 aromatic carbocycles. The molecule has 1 aliphatic carbocycles. The molecule has 0 radical (unpaired) electrons.